The molecule has 1 aliphatic heterocycles. The number of amides is 1. The molecule has 2 fully saturated rings. The molecule has 1 aliphatic carbocycles. The van der Waals surface area contributed by atoms with Crippen LogP contribution in [0.2, 0.25) is 0 Å². The Bertz CT molecular complexity index is 238. The molecule has 3 unspecified atom stereocenters. The molecular formula is C12H23N3O. The van der Waals surface area contributed by atoms with Crippen LogP contribution in [0.5, 0.6) is 0 Å². The van der Waals surface area contributed by atoms with Crippen LogP contribution < -0.4 is 16.0 Å². The molecule has 0 aromatic heterocycles. The van der Waals surface area contributed by atoms with Gasteiger partial charge in [-0.15, -0.1) is 0 Å². The first-order chi connectivity index (χ1) is 7.79. The predicted octanol–water partition coefficient (Wildman–Crippen LogP) is 0.385. The Kier molecular flexibility index (Phi) is 4.18. The summed E-state index contributed by atoms with van der Waals surface area (Å²) in [6.45, 7) is 0.988. The highest BCUT2D eigenvalue weighted by Crippen LogP contribution is 2.19. The molecule has 0 radical (unpaired) electrons. The SMILES string of the molecule is CNC1CCC(NC(=O)C2CCCCN2)C1. The number of nitrogens with one attached hydrogen (secondary N) is 3. The maximum absolute atomic E-state index is 12.0. The topological polar surface area (TPSA) is 53.2 Å². The zero-order valence-electron chi connectivity index (χ0n) is 10.1. The standard InChI is InChI=1S/C12H23N3O/c1-13-9-5-6-10(8-9)15-12(16)11-4-2-3-7-14-11/h9-11,13-14H,2-8H2,1H3,(H,15,16). The molecule has 1 saturated carbocycles. The van der Waals surface area contributed by atoms with E-state index in [1.807, 2.05) is 7.05 Å². The highest BCUT2D eigenvalue weighted by Gasteiger charge is 2.27. The Morgan fingerprint density at radius 2 is 2.00 bits per heavy atom. The van der Waals surface area contributed by atoms with Crippen molar-refractivity contribution < 1.29 is 4.79 Å². The molecule has 0 bridgehead atoms. The summed E-state index contributed by atoms with van der Waals surface area (Å²) in [5.41, 5.74) is 0. The van der Waals surface area contributed by atoms with Crippen LogP contribution in [0.4, 0.5) is 0 Å². The third kappa shape index (κ3) is 2.95. The van der Waals surface area contributed by atoms with Crippen molar-refractivity contribution in [1.29, 1.82) is 0 Å². The summed E-state index contributed by atoms with van der Waals surface area (Å²) >= 11 is 0. The van der Waals surface area contributed by atoms with Gasteiger partial charge in [0.05, 0.1) is 6.04 Å². The lowest BCUT2D eigenvalue weighted by molar-refractivity contribution is -0.124. The molecule has 1 saturated heterocycles. The van der Waals surface area contributed by atoms with Gasteiger partial charge in [-0.25, -0.2) is 0 Å². The molecule has 2 rings (SSSR count). The van der Waals surface area contributed by atoms with E-state index in [0.29, 0.717) is 12.1 Å². The van der Waals surface area contributed by atoms with Crippen LogP contribution in [0, 0.1) is 0 Å². The Morgan fingerprint density at radius 1 is 1.19 bits per heavy atom. The first-order valence-corrected chi connectivity index (χ1v) is 6.50. The van der Waals surface area contributed by atoms with Crippen LogP contribution in [0.3, 0.4) is 0 Å². The minimum absolute atomic E-state index is 0.0578. The van der Waals surface area contributed by atoms with E-state index in [0.717, 1.165) is 25.8 Å². The summed E-state index contributed by atoms with van der Waals surface area (Å²) in [5.74, 6) is 0.210. The number of hydrogen-bond acceptors (Lipinski definition) is 3. The second-order valence-electron chi connectivity index (χ2n) is 5.01. The first kappa shape index (κ1) is 11.9. The van der Waals surface area contributed by atoms with Crippen molar-refractivity contribution in [2.75, 3.05) is 13.6 Å². The quantitative estimate of drug-likeness (QED) is 0.651. The summed E-state index contributed by atoms with van der Waals surface area (Å²) in [6, 6.07) is 1.03. The third-order valence-corrected chi connectivity index (χ3v) is 3.81. The van der Waals surface area contributed by atoms with Gasteiger partial charge in [0, 0.05) is 12.1 Å². The summed E-state index contributed by atoms with van der Waals surface area (Å²) < 4.78 is 0. The molecule has 2 aliphatic rings. The van der Waals surface area contributed by atoms with E-state index in [1.165, 1.54) is 19.3 Å². The fourth-order valence-corrected chi connectivity index (χ4v) is 2.75. The molecule has 0 spiro atoms. The van der Waals surface area contributed by atoms with Crippen molar-refractivity contribution in [2.24, 2.45) is 0 Å². The van der Waals surface area contributed by atoms with Gasteiger partial charge < -0.3 is 16.0 Å². The van der Waals surface area contributed by atoms with Gasteiger partial charge >= 0.3 is 0 Å². The summed E-state index contributed by atoms with van der Waals surface area (Å²) in [4.78, 5) is 12.0. The Labute approximate surface area is 97.6 Å². The maximum atomic E-state index is 12.0. The van der Waals surface area contributed by atoms with Crippen LogP contribution >= 0.6 is 0 Å². The molecule has 16 heavy (non-hydrogen) atoms. The molecule has 3 N–H and O–H groups in total. The van der Waals surface area contributed by atoms with Gasteiger partial charge in [-0.1, -0.05) is 6.42 Å². The lowest BCUT2D eigenvalue weighted by atomic mass is 10.0. The van der Waals surface area contributed by atoms with Crippen LogP contribution in [-0.2, 0) is 4.79 Å². The second-order valence-corrected chi connectivity index (χ2v) is 5.01. The van der Waals surface area contributed by atoms with E-state index in [4.69, 9.17) is 0 Å². The smallest absolute Gasteiger partial charge is 0.237 e. The summed E-state index contributed by atoms with van der Waals surface area (Å²) in [6.07, 6.45) is 6.75. The van der Waals surface area contributed by atoms with Crippen molar-refractivity contribution in [1.82, 2.24) is 16.0 Å². The number of hydrogen-bond donors (Lipinski definition) is 3. The number of rotatable bonds is 3. The second kappa shape index (κ2) is 5.64. The molecule has 0 aromatic rings. The molecule has 4 heteroatoms. The first-order valence-electron chi connectivity index (χ1n) is 6.50. The van der Waals surface area contributed by atoms with Gasteiger partial charge in [-0.05, 0) is 45.7 Å². The highest BCUT2D eigenvalue weighted by molar-refractivity contribution is 5.82. The molecular weight excluding hydrogens is 202 g/mol. The molecule has 92 valence electrons. The van der Waals surface area contributed by atoms with Crippen molar-refractivity contribution in [3.63, 3.8) is 0 Å². The van der Waals surface area contributed by atoms with Crippen molar-refractivity contribution in [3.8, 4) is 0 Å². The minimum atomic E-state index is 0.0578. The zero-order chi connectivity index (χ0) is 11.4. The minimum Gasteiger partial charge on any atom is -0.352 e. The highest BCUT2D eigenvalue weighted by atomic mass is 16.2. The molecule has 0 aromatic carbocycles. The Hall–Kier alpha value is -0.610. The normalized spacial score (nSPS) is 34.9. The molecule has 4 nitrogen and oxygen atoms in total. The monoisotopic (exact) mass is 225 g/mol. The van der Waals surface area contributed by atoms with E-state index >= 15 is 0 Å². The van der Waals surface area contributed by atoms with E-state index in [2.05, 4.69) is 16.0 Å². The van der Waals surface area contributed by atoms with Gasteiger partial charge in [0.15, 0.2) is 0 Å². The lowest BCUT2D eigenvalue weighted by Gasteiger charge is -2.24. The van der Waals surface area contributed by atoms with E-state index in [9.17, 15) is 4.79 Å². The van der Waals surface area contributed by atoms with Crippen LogP contribution in [0.15, 0.2) is 0 Å². The zero-order valence-corrected chi connectivity index (χ0v) is 10.1. The van der Waals surface area contributed by atoms with E-state index < -0.39 is 0 Å². The van der Waals surface area contributed by atoms with Crippen LogP contribution in [-0.4, -0.2) is 37.6 Å². The lowest BCUT2D eigenvalue weighted by Crippen LogP contribution is -2.49. The van der Waals surface area contributed by atoms with Gasteiger partial charge in [0.2, 0.25) is 5.91 Å². The fourth-order valence-electron chi connectivity index (χ4n) is 2.75. The predicted molar refractivity (Wildman–Crippen MR) is 64.3 cm³/mol. The number of carbonyl (C=O) groups is 1. The number of carbonyl (C=O) groups excluding carboxylic acids is 1. The van der Waals surface area contributed by atoms with Crippen LogP contribution in [0.1, 0.15) is 38.5 Å². The van der Waals surface area contributed by atoms with Gasteiger partial charge in [0.1, 0.15) is 0 Å². The largest absolute Gasteiger partial charge is 0.352 e. The van der Waals surface area contributed by atoms with Crippen molar-refractivity contribution in [2.45, 2.75) is 56.7 Å². The fraction of sp³-hybridized carbons (Fsp3) is 0.917. The maximum Gasteiger partial charge on any atom is 0.237 e. The van der Waals surface area contributed by atoms with Crippen molar-refractivity contribution in [3.05, 3.63) is 0 Å². The van der Waals surface area contributed by atoms with Crippen LogP contribution in [0.25, 0.3) is 0 Å². The Morgan fingerprint density at radius 3 is 2.62 bits per heavy atom. The number of piperidine rings is 1. The van der Waals surface area contributed by atoms with E-state index in [1.54, 1.807) is 0 Å². The van der Waals surface area contributed by atoms with Gasteiger partial charge in [0.25, 0.3) is 0 Å². The molecule has 3 atom stereocenters. The molecule has 1 amide bonds. The van der Waals surface area contributed by atoms with Gasteiger partial charge in [-0.3, -0.25) is 4.79 Å². The van der Waals surface area contributed by atoms with Gasteiger partial charge in [-0.2, -0.15) is 0 Å². The van der Waals surface area contributed by atoms with Crippen molar-refractivity contribution >= 4 is 5.91 Å². The average molecular weight is 225 g/mol. The third-order valence-electron chi connectivity index (χ3n) is 3.81. The molecule has 1 heterocycles. The Balaban J connectivity index is 1.74. The van der Waals surface area contributed by atoms with E-state index in [-0.39, 0.29) is 11.9 Å². The summed E-state index contributed by atoms with van der Waals surface area (Å²) in [7, 11) is 2.00. The summed E-state index contributed by atoms with van der Waals surface area (Å²) in [5, 5.41) is 9.74. The average Bonchev–Trinajstić information content (AvgIpc) is 2.78.